The molecule has 0 rings (SSSR count). The molecule has 0 aliphatic carbocycles. The molecule has 0 aliphatic heterocycles. The van der Waals surface area contributed by atoms with Crippen molar-refractivity contribution in [2.75, 3.05) is 13.2 Å². The van der Waals surface area contributed by atoms with Crippen molar-refractivity contribution in [3.05, 3.63) is 23.3 Å². The molecule has 1 nitrogen and oxygen atoms in total. The third-order valence-electron chi connectivity index (χ3n) is 1.42. The summed E-state index contributed by atoms with van der Waals surface area (Å²) < 4.78 is 36.3. The fraction of sp³-hybridized carbons (Fsp3) is 0.500. The van der Waals surface area contributed by atoms with Gasteiger partial charge in [0.1, 0.15) is 6.67 Å². The van der Waals surface area contributed by atoms with Crippen molar-refractivity contribution >= 4 is 0 Å². The smallest absolute Gasteiger partial charge is 0.166 e. The molecule has 0 unspecified atom stereocenters. The minimum atomic E-state index is -1.41. The number of hydrogen-bond acceptors (Lipinski definition) is 1. The molecule has 70 valence electrons. The van der Waals surface area contributed by atoms with Gasteiger partial charge in [-0.05, 0) is 12.5 Å². The van der Waals surface area contributed by atoms with Crippen LogP contribution in [0.3, 0.4) is 0 Å². The van der Waals surface area contributed by atoms with E-state index in [0.717, 1.165) is 6.08 Å². The summed E-state index contributed by atoms with van der Waals surface area (Å²) in [7, 11) is 0. The molecule has 0 atom stereocenters. The number of halogens is 3. The summed E-state index contributed by atoms with van der Waals surface area (Å²) in [6.45, 7) is 0.507. The summed E-state index contributed by atoms with van der Waals surface area (Å²) in [5, 5.41) is 0. The summed E-state index contributed by atoms with van der Waals surface area (Å²) in [6, 6.07) is 0. The molecule has 0 fully saturated rings. The van der Waals surface area contributed by atoms with Gasteiger partial charge in [-0.3, -0.25) is 0 Å². The Balaban J connectivity index is 4.49. The second-order valence-corrected chi connectivity index (χ2v) is 2.25. The van der Waals surface area contributed by atoms with Gasteiger partial charge in [0, 0.05) is 6.54 Å². The maximum absolute atomic E-state index is 12.6. The molecule has 0 aromatic carbocycles. The van der Waals surface area contributed by atoms with Gasteiger partial charge in [0.05, 0.1) is 0 Å². The van der Waals surface area contributed by atoms with Gasteiger partial charge in [0.2, 0.25) is 0 Å². The molecule has 0 aliphatic rings. The topological polar surface area (TPSA) is 26.0 Å². The van der Waals surface area contributed by atoms with Crippen molar-refractivity contribution in [1.29, 1.82) is 0 Å². The van der Waals surface area contributed by atoms with Crippen LogP contribution in [0, 0.1) is 0 Å². The van der Waals surface area contributed by atoms with E-state index in [0.29, 0.717) is 12.0 Å². The first-order chi connectivity index (χ1) is 5.65. The molecule has 0 saturated carbocycles. The summed E-state index contributed by atoms with van der Waals surface area (Å²) >= 11 is 0. The summed E-state index contributed by atoms with van der Waals surface area (Å²) in [4.78, 5) is 0. The van der Waals surface area contributed by atoms with Crippen molar-refractivity contribution in [2.45, 2.75) is 13.3 Å². The van der Waals surface area contributed by atoms with Gasteiger partial charge in [0.15, 0.2) is 11.7 Å². The van der Waals surface area contributed by atoms with Crippen LogP contribution in [0.5, 0.6) is 0 Å². The molecule has 0 bridgehead atoms. The Bertz CT molecular complexity index is 190. The molecule has 0 radical (unpaired) electrons. The van der Waals surface area contributed by atoms with E-state index in [2.05, 4.69) is 0 Å². The largest absolute Gasteiger partial charge is 0.327 e. The van der Waals surface area contributed by atoms with E-state index in [1.165, 1.54) is 0 Å². The molecule has 0 saturated heterocycles. The molecule has 0 aromatic heterocycles. The molecular formula is C8H12F3N. The molecule has 12 heavy (non-hydrogen) atoms. The van der Waals surface area contributed by atoms with Gasteiger partial charge < -0.3 is 5.73 Å². The van der Waals surface area contributed by atoms with Gasteiger partial charge in [0.25, 0.3) is 0 Å². The maximum atomic E-state index is 12.6. The number of allylic oxidation sites excluding steroid dienone is 3. The zero-order valence-electron chi connectivity index (χ0n) is 6.91. The lowest BCUT2D eigenvalue weighted by atomic mass is 10.2. The number of nitrogens with two attached hydrogens (primary N) is 1. The zero-order chi connectivity index (χ0) is 9.56. The van der Waals surface area contributed by atoms with E-state index in [1.54, 1.807) is 6.92 Å². The van der Waals surface area contributed by atoms with E-state index < -0.39 is 18.3 Å². The second kappa shape index (κ2) is 5.83. The lowest BCUT2D eigenvalue weighted by molar-refractivity contribution is 0.434. The van der Waals surface area contributed by atoms with Gasteiger partial charge in [-0.15, -0.1) is 0 Å². The average Bonchev–Trinajstić information content (AvgIpc) is 2.12. The normalized spacial score (nSPS) is 14.6. The van der Waals surface area contributed by atoms with Crippen molar-refractivity contribution in [1.82, 2.24) is 0 Å². The van der Waals surface area contributed by atoms with Crippen LogP contribution < -0.4 is 5.73 Å². The SMILES string of the molecule is CC/C(=C\C(F)=C(\F)CF)CN. The van der Waals surface area contributed by atoms with Crippen molar-refractivity contribution in [3.63, 3.8) is 0 Å². The molecule has 4 heteroatoms. The molecular weight excluding hydrogens is 167 g/mol. The summed E-state index contributed by atoms with van der Waals surface area (Å²) in [6.07, 6.45) is 1.47. The monoisotopic (exact) mass is 179 g/mol. The Morgan fingerprint density at radius 3 is 2.33 bits per heavy atom. The van der Waals surface area contributed by atoms with E-state index in [4.69, 9.17) is 5.73 Å². The van der Waals surface area contributed by atoms with Crippen LogP contribution in [0.1, 0.15) is 13.3 Å². The first kappa shape index (κ1) is 11.2. The molecule has 2 N–H and O–H groups in total. The van der Waals surface area contributed by atoms with E-state index in [9.17, 15) is 13.2 Å². The Morgan fingerprint density at radius 1 is 1.42 bits per heavy atom. The maximum Gasteiger partial charge on any atom is 0.166 e. The first-order valence-corrected chi connectivity index (χ1v) is 3.65. The van der Waals surface area contributed by atoms with Crippen LogP contribution >= 0.6 is 0 Å². The van der Waals surface area contributed by atoms with Crippen molar-refractivity contribution in [2.24, 2.45) is 5.73 Å². The van der Waals surface area contributed by atoms with Crippen LogP contribution in [-0.4, -0.2) is 13.2 Å². The highest BCUT2D eigenvalue weighted by Gasteiger charge is 2.03. The molecule has 0 aromatic rings. The molecule has 0 heterocycles. The minimum absolute atomic E-state index is 0.156. The summed E-state index contributed by atoms with van der Waals surface area (Å²) in [5.74, 6) is -2.55. The predicted molar refractivity (Wildman–Crippen MR) is 42.6 cm³/mol. The van der Waals surface area contributed by atoms with Crippen molar-refractivity contribution < 1.29 is 13.2 Å². The van der Waals surface area contributed by atoms with Crippen LogP contribution in [0.4, 0.5) is 13.2 Å². The third-order valence-corrected chi connectivity index (χ3v) is 1.42. The van der Waals surface area contributed by atoms with Gasteiger partial charge in [-0.25, -0.2) is 13.2 Å². The molecule has 0 spiro atoms. The highest BCUT2D eigenvalue weighted by atomic mass is 19.2. The summed E-state index contributed by atoms with van der Waals surface area (Å²) in [5.41, 5.74) is 5.75. The standard InChI is InChI=1S/C8H12F3N/c1-2-6(5-12)3-7(10)8(11)4-9/h3H,2,4-5,12H2,1H3/b6-3+,8-7-. The zero-order valence-corrected chi connectivity index (χ0v) is 6.91. The quantitative estimate of drug-likeness (QED) is 0.659. The Kier molecular flexibility index (Phi) is 5.45. The number of hydrogen-bond donors (Lipinski definition) is 1. The highest BCUT2D eigenvalue weighted by molar-refractivity contribution is 5.21. The number of rotatable bonds is 4. The first-order valence-electron chi connectivity index (χ1n) is 3.65. The van der Waals surface area contributed by atoms with Crippen LogP contribution in [-0.2, 0) is 0 Å². The van der Waals surface area contributed by atoms with E-state index in [-0.39, 0.29) is 6.54 Å². The van der Waals surface area contributed by atoms with Crippen LogP contribution in [0.2, 0.25) is 0 Å². The Morgan fingerprint density at radius 2 is 2.00 bits per heavy atom. The lowest BCUT2D eigenvalue weighted by Crippen LogP contribution is -2.02. The van der Waals surface area contributed by atoms with Gasteiger partial charge >= 0.3 is 0 Å². The fourth-order valence-electron chi connectivity index (χ4n) is 0.627. The Hall–Kier alpha value is -0.770. The van der Waals surface area contributed by atoms with Gasteiger partial charge in [-0.1, -0.05) is 12.5 Å². The van der Waals surface area contributed by atoms with Gasteiger partial charge in [-0.2, -0.15) is 0 Å². The third kappa shape index (κ3) is 3.57. The van der Waals surface area contributed by atoms with E-state index in [1.807, 2.05) is 0 Å². The molecule has 0 amide bonds. The number of alkyl halides is 1. The van der Waals surface area contributed by atoms with Crippen molar-refractivity contribution in [3.8, 4) is 0 Å². The average molecular weight is 179 g/mol. The minimum Gasteiger partial charge on any atom is -0.327 e. The fourth-order valence-corrected chi connectivity index (χ4v) is 0.627. The van der Waals surface area contributed by atoms with E-state index >= 15 is 0 Å². The lowest BCUT2D eigenvalue weighted by Gasteiger charge is -1.98. The Labute approximate surface area is 69.8 Å². The second-order valence-electron chi connectivity index (χ2n) is 2.25. The van der Waals surface area contributed by atoms with Crippen LogP contribution in [0.15, 0.2) is 23.3 Å². The predicted octanol–water partition coefficient (Wildman–Crippen LogP) is 2.40. The van der Waals surface area contributed by atoms with Crippen LogP contribution in [0.25, 0.3) is 0 Å². The highest BCUT2D eigenvalue weighted by Crippen LogP contribution is 2.13.